The summed E-state index contributed by atoms with van der Waals surface area (Å²) in [7, 11) is 1.70. The molecule has 0 heterocycles. The second-order valence-corrected chi connectivity index (χ2v) is 5.34. The van der Waals surface area contributed by atoms with Crippen molar-refractivity contribution >= 4 is 0 Å². The number of hydrogen-bond donors (Lipinski definition) is 1. The summed E-state index contributed by atoms with van der Waals surface area (Å²) in [6.45, 7) is 6.61. The minimum Gasteiger partial charge on any atom is -0.491 e. The van der Waals surface area contributed by atoms with Crippen molar-refractivity contribution in [1.29, 1.82) is 0 Å². The van der Waals surface area contributed by atoms with E-state index in [2.05, 4.69) is 37.4 Å². The van der Waals surface area contributed by atoms with Gasteiger partial charge in [-0.25, -0.2) is 0 Å². The summed E-state index contributed by atoms with van der Waals surface area (Å²) in [6.07, 6.45) is 6.34. The summed E-state index contributed by atoms with van der Waals surface area (Å²) >= 11 is 0. The lowest BCUT2D eigenvalue weighted by Crippen LogP contribution is -2.22. The van der Waals surface area contributed by atoms with E-state index in [4.69, 9.17) is 9.47 Å². The highest BCUT2D eigenvalue weighted by molar-refractivity contribution is 5.36. The van der Waals surface area contributed by atoms with Crippen molar-refractivity contribution in [2.45, 2.75) is 52.0 Å². The Morgan fingerprint density at radius 1 is 1.05 bits per heavy atom. The van der Waals surface area contributed by atoms with Crippen LogP contribution in [0.25, 0.3) is 0 Å². The van der Waals surface area contributed by atoms with Gasteiger partial charge in [0.15, 0.2) is 0 Å². The summed E-state index contributed by atoms with van der Waals surface area (Å²) in [5.41, 5.74) is 1.27. The lowest BCUT2D eigenvalue weighted by atomic mass is 9.99. The molecule has 1 rings (SSSR count). The predicted octanol–water partition coefficient (Wildman–Crippen LogP) is 4.33. The fourth-order valence-electron chi connectivity index (χ4n) is 2.52. The highest BCUT2D eigenvalue weighted by atomic mass is 16.5. The molecule has 0 aliphatic heterocycles. The first-order chi connectivity index (χ1) is 10.3. The highest BCUT2D eigenvalue weighted by Crippen LogP contribution is 2.28. The summed E-state index contributed by atoms with van der Waals surface area (Å²) in [5, 5.41) is 3.60. The molecule has 0 saturated carbocycles. The Hall–Kier alpha value is -1.06. The van der Waals surface area contributed by atoms with Crippen molar-refractivity contribution in [3.63, 3.8) is 0 Å². The number of para-hydroxylation sites is 1. The number of nitrogens with one attached hydrogen (secondary N) is 1. The number of methoxy groups -OCH3 is 1. The van der Waals surface area contributed by atoms with Crippen LogP contribution in [0.3, 0.4) is 0 Å². The fourth-order valence-corrected chi connectivity index (χ4v) is 2.52. The SMILES string of the molecule is CCCCCCC(NCC)c1ccccc1OCCOC. The second kappa shape index (κ2) is 11.6. The zero-order chi connectivity index (χ0) is 15.3. The fraction of sp³-hybridized carbons (Fsp3) is 0.667. The first kappa shape index (κ1) is 18.0. The van der Waals surface area contributed by atoms with Gasteiger partial charge in [0.05, 0.1) is 6.61 Å². The van der Waals surface area contributed by atoms with E-state index in [1.165, 1.54) is 37.7 Å². The molecule has 0 saturated heterocycles. The van der Waals surface area contributed by atoms with Gasteiger partial charge in [-0.15, -0.1) is 0 Å². The Morgan fingerprint density at radius 2 is 1.86 bits per heavy atom. The van der Waals surface area contributed by atoms with Crippen molar-refractivity contribution in [3.8, 4) is 5.75 Å². The molecule has 21 heavy (non-hydrogen) atoms. The Balaban J connectivity index is 2.66. The Kier molecular flexibility index (Phi) is 9.92. The molecule has 1 unspecified atom stereocenters. The molecule has 0 spiro atoms. The van der Waals surface area contributed by atoms with E-state index >= 15 is 0 Å². The lowest BCUT2D eigenvalue weighted by molar-refractivity contribution is 0.145. The Labute approximate surface area is 130 Å². The van der Waals surface area contributed by atoms with Crippen molar-refractivity contribution in [3.05, 3.63) is 29.8 Å². The number of hydrogen-bond acceptors (Lipinski definition) is 3. The molecule has 1 aromatic rings. The van der Waals surface area contributed by atoms with E-state index in [0.29, 0.717) is 19.3 Å². The van der Waals surface area contributed by atoms with Gasteiger partial charge in [0.2, 0.25) is 0 Å². The minimum atomic E-state index is 0.380. The highest BCUT2D eigenvalue weighted by Gasteiger charge is 2.14. The van der Waals surface area contributed by atoms with Gasteiger partial charge >= 0.3 is 0 Å². The van der Waals surface area contributed by atoms with Crippen LogP contribution >= 0.6 is 0 Å². The van der Waals surface area contributed by atoms with E-state index in [9.17, 15) is 0 Å². The maximum Gasteiger partial charge on any atom is 0.124 e. The standard InChI is InChI=1S/C18H31NO2/c1-4-6-7-8-12-17(19-5-2)16-11-9-10-13-18(16)21-15-14-20-3/h9-11,13,17,19H,4-8,12,14-15H2,1-3H3. The molecule has 0 radical (unpaired) electrons. The lowest BCUT2D eigenvalue weighted by Gasteiger charge is -2.21. The molecule has 0 fully saturated rings. The largest absolute Gasteiger partial charge is 0.491 e. The first-order valence-corrected chi connectivity index (χ1v) is 8.27. The molecule has 0 aromatic heterocycles. The van der Waals surface area contributed by atoms with Gasteiger partial charge in [-0.05, 0) is 19.0 Å². The van der Waals surface area contributed by atoms with E-state index in [1.807, 2.05) is 6.07 Å². The molecule has 1 aromatic carbocycles. The van der Waals surface area contributed by atoms with E-state index in [-0.39, 0.29) is 0 Å². The first-order valence-electron chi connectivity index (χ1n) is 8.27. The molecule has 120 valence electrons. The summed E-state index contributed by atoms with van der Waals surface area (Å²) in [6, 6.07) is 8.74. The molecule has 1 atom stereocenters. The third-order valence-corrected chi connectivity index (χ3v) is 3.64. The molecule has 3 heteroatoms. The topological polar surface area (TPSA) is 30.5 Å². The van der Waals surface area contributed by atoms with Crippen LogP contribution in [0.4, 0.5) is 0 Å². The summed E-state index contributed by atoms with van der Waals surface area (Å²) < 4.78 is 10.9. The minimum absolute atomic E-state index is 0.380. The zero-order valence-corrected chi connectivity index (χ0v) is 13.9. The van der Waals surface area contributed by atoms with Crippen LogP contribution in [0.2, 0.25) is 0 Å². The van der Waals surface area contributed by atoms with E-state index in [0.717, 1.165) is 12.3 Å². The van der Waals surface area contributed by atoms with E-state index in [1.54, 1.807) is 7.11 Å². The third-order valence-electron chi connectivity index (χ3n) is 3.64. The van der Waals surface area contributed by atoms with Crippen molar-refractivity contribution in [2.24, 2.45) is 0 Å². The zero-order valence-electron chi connectivity index (χ0n) is 13.9. The van der Waals surface area contributed by atoms with Gasteiger partial charge in [0, 0.05) is 18.7 Å². The summed E-state index contributed by atoms with van der Waals surface area (Å²) in [5.74, 6) is 0.982. The van der Waals surface area contributed by atoms with Crippen LogP contribution in [0.5, 0.6) is 5.75 Å². The smallest absolute Gasteiger partial charge is 0.124 e. The summed E-state index contributed by atoms with van der Waals surface area (Å²) in [4.78, 5) is 0. The average Bonchev–Trinajstić information content (AvgIpc) is 2.51. The van der Waals surface area contributed by atoms with Crippen LogP contribution in [0, 0.1) is 0 Å². The van der Waals surface area contributed by atoms with Gasteiger partial charge in [-0.3, -0.25) is 0 Å². The molecular formula is C18H31NO2. The van der Waals surface area contributed by atoms with Crippen LogP contribution in [-0.2, 0) is 4.74 Å². The van der Waals surface area contributed by atoms with Crippen molar-refractivity contribution < 1.29 is 9.47 Å². The maximum absolute atomic E-state index is 5.87. The number of rotatable bonds is 12. The number of benzene rings is 1. The molecule has 0 aliphatic carbocycles. The number of unbranched alkanes of at least 4 members (excludes halogenated alkanes) is 3. The maximum atomic E-state index is 5.87. The van der Waals surface area contributed by atoms with Crippen LogP contribution < -0.4 is 10.1 Å². The molecule has 0 bridgehead atoms. The van der Waals surface area contributed by atoms with Crippen LogP contribution in [0.15, 0.2) is 24.3 Å². The average molecular weight is 293 g/mol. The van der Waals surface area contributed by atoms with Gasteiger partial charge < -0.3 is 14.8 Å². The quantitative estimate of drug-likeness (QED) is 0.582. The van der Waals surface area contributed by atoms with Gasteiger partial charge in [-0.1, -0.05) is 57.7 Å². The van der Waals surface area contributed by atoms with E-state index < -0.39 is 0 Å². The molecule has 0 aliphatic rings. The normalized spacial score (nSPS) is 12.3. The molecule has 3 nitrogen and oxygen atoms in total. The second-order valence-electron chi connectivity index (χ2n) is 5.34. The monoisotopic (exact) mass is 293 g/mol. The predicted molar refractivity (Wildman–Crippen MR) is 89.0 cm³/mol. The Bertz CT molecular complexity index is 368. The van der Waals surface area contributed by atoms with Gasteiger partial charge in [0.25, 0.3) is 0 Å². The number of ether oxygens (including phenoxy) is 2. The van der Waals surface area contributed by atoms with Gasteiger partial charge in [-0.2, -0.15) is 0 Å². The third kappa shape index (κ3) is 6.96. The van der Waals surface area contributed by atoms with Crippen molar-refractivity contribution in [2.75, 3.05) is 26.9 Å². The Morgan fingerprint density at radius 3 is 2.57 bits per heavy atom. The van der Waals surface area contributed by atoms with Crippen molar-refractivity contribution in [1.82, 2.24) is 5.32 Å². The van der Waals surface area contributed by atoms with Gasteiger partial charge in [0.1, 0.15) is 12.4 Å². The molecular weight excluding hydrogens is 262 g/mol. The van der Waals surface area contributed by atoms with Crippen LogP contribution in [-0.4, -0.2) is 26.9 Å². The molecule has 0 amide bonds. The van der Waals surface area contributed by atoms with Crippen LogP contribution in [0.1, 0.15) is 57.6 Å². The molecule has 1 N–H and O–H groups in total.